The Balaban J connectivity index is 2.28. The molecule has 1 aliphatic rings. The highest BCUT2D eigenvalue weighted by atomic mass is 16.6. The molecule has 9 heteroatoms. The van der Waals surface area contributed by atoms with Gasteiger partial charge in [0, 0.05) is 31.4 Å². The van der Waals surface area contributed by atoms with Crippen molar-refractivity contribution >= 4 is 23.1 Å². The molecule has 1 saturated heterocycles. The molecule has 146 valence electrons. The van der Waals surface area contributed by atoms with E-state index < -0.39 is 22.7 Å². The van der Waals surface area contributed by atoms with Gasteiger partial charge < -0.3 is 10.0 Å². The van der Waals surface area contributed by atoms with Gasteiger partial charge in [-0.05, 0) is 26.3 Å². The number of hydrogen-bond acceptors (Lipinski definition) is 6. The summed E-state index contributed by atoms with van der Waals surface area (Å²) in [6, 6.07) is 4.82. The second-order valence-electron chi connectivity index (χ2n) is 6.61. The fraction of sp³-hybridized carbons (Fsp3) is 0.316. The Morgan fingerprint density at radius 1 is 1.32 bits per heavy atom. The van der Waals surface area contributed by atoms with Gasteiger partial charge in [0.2, 0.25) is 0 Å². The summed E-state index contributed by atoms with van der Waals surface area (Å²) < 4.78 is 1.57. The van der Waals surface area contributed by atoms with Crippen LogP contribution in [0.4, 0.5) is 5.69 Å². The van der Waals surface area contributed by atoms with E-state index >= 15 is 0 Å². The lowest BCUT2D eigenvalue weighted by atomic mass is 9.94. The molecular formula is C19H20N4O5. The SMILES string of the molecule is CCN1C(=O)C(=O)/C(=C(/O)c2c(C)nn(C)c2C)C1c1cccc([N+](=O)[O-])c1. The molecule has 1 aromatic heterocycles. The Kier molecular flexibility index (Phi) is 4.76. The number of aliphatic hydroxyl groups excluding tert-OH is 1. The molecule has 1 aromatic carbocycles. The number of hydrogen-bond donors (Lipinski definition) is 1. The van der Waals surface area contributed by atoms with E-state index in [4.69, 9.17) is 0 Å². The lowest BCUT2D eigenvalue weighted by Gasteiger charge is -2.23. The van der Waals surface area contributed by atoms with Crippen LogP contribution in [0.25, 0.3) is 5.76 Å². The van der Waals surface area contributed by atoms with Gasteiger partial charge in [-0.15, -0.1) is 0 Å². The number of benzene rings is 1. The number of aryl methyl sites for hydroxylation is 2. The van der Waals surface area contributed by atoms with Gasteiger partial charge >= 0.3 is 0 Å². The van der Waals surface area contributed by atoms with Crippen LogP contribution in [0, 0.1) is 24.0 Å². The first kappa shape index (κ1) is 19.3. The maximum absolute atomic E-state index is 12.8. The molecule has 1 fully saturated rings. The largest absolute Gasteiger partial charge is 0.507 e. The van der Waals surface area contributed by atoms with E-state index in [2.05, 4.69) is 5.10 Å². The van der Waals surface area contributed by atoms with Crippen molar-refractivity contribution < 1.29 is 19.6 Å². The Hall–Kier alpha value is -3.49. The van der Waals surface area contributed by atoms with Gasteiger partial charge in [0.05, 0.1) is 27.8 Å². The summed E-state index contributed by atoms with van der Waals surface area (Å²) in [5.41, 5.74) is 1.66. The number of carbonyl (C=O) groups excluding carboxylic acids is 2. The Morgan fingerprint density at radius 3 is 2.54 bits per heavy atom. The minimum absolute atomic E-state index is 0.0912. The molecule has 1 unspecified atom stereocenters. The molecule has 0 saturated carbocycles. The summed E-state index contributed by atoms with van der Waals surface area (Å²) in [7, 11) is 1.71. The van der Waals surface area contributed by atoms with Gasteiger partial charge in [0.15, 0.2) is 0 Å². The van der Waals surface area contributed by atoms with Crippen LogP contribution in [0.1, 0.15) is 35.5 Å². The van der Waals surface area contributed by atoms with E-state index in [9.17, 15) is 24.8 Å². The van der Waals surface area contributed by atoms with E-state index in [1.807, 2.05) is 0 Å². The molecule has 0 aliphatic carbocycles. The summed E-state index contributed by atoms with van der Waals surface area (Å²) in [5, 5.41) is 26.4. The third-order valence-electron chi connectivity index (χ3n) is 5.02. The Morgan fingerprint density at radius 2 is 2.00 bits per heavy atom. The minimum Gasteiger partial charge on any atom is -0.507 e. The molecular weight excluding hydrogens is 364 g/mol. The van der Waals surface area contributed by atoms with Crippen molar-refractivity contribution in [3.05, 3.63) is 62.5 Å². The highest BCUT2D eigenvalue weighted by Gasteiger charge is 2.46. The van der Waals surface area contributed by atoms with Crippen LogP contribution >= 0.6 is 0 Å². The monoisotopic (exact) mass is 384 g/mol. The predicted octanol–water partition coefficient (Wildman–Crippen LogP) is 2.39. The highest BCUT2D eigenvalue weighted by molar-refractivity contribution is 6.46. The van der Waals surface area contributed by atoms with Crippen LogP contribution in [0.5, 0.6) is 0 Å². The van der Waals surface area contributed by atoms with Crippen LogP contribution in [0.3, 0.4) is 0 Å². The number of likely N-dealkylation sites (tertiary alicyclic amines) is 1. The molecule has 9 nitrogen and oxygen atoms in total. The number of ketones is 1. The van der Waals surface area contributed by atoms with E-state index in [1.54, 1.807) is 38.6 Å². The zero-order chi connectivity index (χ0) is 20.7. The normalized spacial score (nSPS) is 18.7. The van der Waals surface area contributed by atoms with E-state index in [0.29, 0.717) is 22.5 Å². The predicted molar refractivity (Wildman–Crippen MR) is 100 cm³/mol. The van der Waals surface area contributed by atoms with Crippen LogP contribution in [0.2, 0.25) is 0 Å². The maximum atomic E-state index is 12.8. The van der Waals surface area contributed by atoms with Crippen molar-refractivity contribution in [1.29, 1.82) is 0 Å². The van der Waals surface area contributed by atoms with Gasteiger partial charge in [0.25, 0.3) is 17.4 Å². The summed E-state index contributed by atoms with van der Waals surface area (Å²) in [4.78, 5) is 37.2. The summed E-state index contributed by atoms with van der Waals surface area (Å²) in [5.74, 6) is -1.90. The van der Waals surface area contributed by atoms with E-state index in [0.717, 1.165) is 0 Å². The Labute approximate surface area is 161 Å². The zero-order valence-electron chi connectivity index (χ0n) is 16.0. The third kappa shape index (κ3) is 2.84. The fourth-order valence-electron chi connectivity index (χ4n) is 3.61. The fourth-order valence-corrected chi connectivity index (χ4v) is 3.61. The Bertz CT molecular complexity index is 1040. The third-order valence-corrected chi connectivity index (χ3v) is 5.02. The number of nitro benzene ring substituents is 1. The van der Waals surface area contributed by atoms with Gasteiger partial charge in [-0.2, -0.15) is 5.10 Å². The standard InChI is InChI=1S/C19H20N4O5/c1-5-22-16(12-7-6-8-13(9-12)23(27)28)15(18(25)19(22)26)17(24)14-10(2)20-21(4)11(14)3/h6-9,16,24H,5H2,1-4H3/b17-15+. The lowest BCUT2D eigenvalue weighted by Crippen LogP contribution is -2.29. The van der Waals surface area contributed by atoms with Gasteiger partial charge in [-0.25, -0.2) is 0 Å². The number of aliphatic hydroxyl groups is 1. The quantitative estimate of drug-likeness (QED) is 0.284. The minimum atomic E-state index is -0.913. The van der Waals surface area contributed by atoms with Crippen molar-refractivity contribution in [2.24, 2.45) is 7.05 Å². The number of likely N-dealkylation sites (N-methyl/N-ethyl adjacent to an activating group) is 1. The van der Waals surface area contributed by atoms with Crippen molar-refractivity contribution in [1.82, 2.24) is 14.7 Å². The van der Waals surface area contributed by atoms with Crippen molar-refractivity contribution in [2.45, 2.75) is 26.8 Å². The molecule has 1 amide bonds. The number of non-ortho nitro benzene ring substituents is 1. The van der Waals surface area contributed by atoms with E-state index in [1.165, 1.54) is 23.1 Å². The second-order valence-corrected chi connectivity index (χ2v) is 6.61. The molecule has 0 radical (unpaired) electrons. The summed E-state index contributed by atoms with van der Waals surface area (Å²) in [6.45, 7) is 5.35. The summed E-state index contributed by atoms with van der Waals surface area (Å²) in [6.07, 6.45) is 0. The number of aromatic nitrogens is 2. The number of carbonyl (C=O) groups is 2. The molecule has 2 heterocycles. The van der Waals surface area contributed by atoms with Crippen molar-refractivity contribution in [2.75, 3.05) is 6.54 Å². The number of rotatable bonds is 4. The second kappa shape index (κ2) is 6.91. The van der Waals surface area contributed by atoms with E-state index in [-0.39, 0.29) is 23.6 Å². The summed E-state index contributed by atoms with van der Waals surface area (Å²) >= 11 is 0. The van der Waals surface area contributed by atoms with Crippen LogP contribution in [0.15, 0.2) is 29.8 Å². The average Bonchev–Trinajstić information content (AvgIpc) is 3.07. The maximum Gasteiger partial charge on any atom is 0.295 e. The van der Waals surface area contributed by atoms with Crippen LogP contribution < -0.4 is 0 Å². The first-order chi connectivity index (χ1) is 13.2. The molecule has 1 N–H and O–H groups in total. The van der Waals surface area contributed by atoms with Gasteiger partial charge in [0.1, 0.15) is 5.76 Å². The molecule has 2 aromatic rings. The first-order valence-electron chi connectivity index (χ1n) is 8.72. The van der Waals surface area contributed by atoms with Crippen LogP contribution in [-0.2, 0) is 16.6 Å². The first-order valence-corrected chi connectivity index (χ1v) is 8.72. The highest BCUT2D eigenvalue weighted by Crippen LogP contribution is 2.40. The van der Waals surface area contributed by atoms with Crippen LogP contribution in [-0.4, -0.2) is 42.9 Å². The molecule has 1 atom stereocenters. The molecule has 0 bridgehead atoms. The van der Waals surface area contributed by atoms with Gasteiger partial charge in [-0.3, -0.25) is 24.4 Å². The number of Topliss-reactive ketones (excluding diaryl/α,β-unsaturated/α-hetero) is 1. The van der Waals surface area contributed by atoms with Gasteiger partial charge in [-0.1, -0.05) is 12.1 Å². The number of amides is 1. The van der Waals surface area contributed by atoms with Crippen molar-refractivity contribution in [3.8, 4) is 0 Å². The number of nitrogens with zero attached hydrogens (tertiary/aromatic N) is 4. The van der Waals surface area contributed by atoms with Crippen molar-refractivity contribution in [3.63, 3.8) is 0 Å². The smallest absolute Gasteiger partial charge is 0.295 e. The molecule has 3 rings (SSSR count). The molecule has 28 heavy (non-hydrogen) atoms. The molecule has 0 spiro atoms. The zero-order valence-corrected chi connectivity index (χ0v) is 16.0. The number of nitro groups is 1. The molecule has 1 aliphatic heterocycles. The average molecular weight is 384 g/mol. The topological polar surface area (TPSA) is 119 Å². The lowest BCUT2D eigenvalue weighted by molar-refractivity contribution is -0.384.